The molecule has 0 saturated heterocycles. The summed E-state index contributed by atoms with van der Waals surface area (Å²) in [5, 5.41) is 1.84. The van der Waals surface area contributed by atoms with Gasteiger partial charge in [0.05, 0.1) is 35.6 Å². The highest BCUT2D eigenvalue weighted by Crippen LogP contribution is 2.31. The van der Waals surface area contributed by atoms with Crippen molar-refractivity contribution < 1.29 is 40.7 Å². The number of nitrogens with one attached hydrogen (secondary N) is 1. The molecule has 174 valence electrons. The van der Waals surface area contributed by atoms with E-state index in [9.17, 15) is 31.2 Å². The molecule has 2 aromatic carbocycles. The molecule has 9 nitrogen and oxygen atoms in total. The third-order valence-corrected chi connectivity index (χ3v) is 6.26. The van der Waals surface area contributed by atoms with Crippen LogP contribution in [0.25, 0.3) is 0 Å². The number of halogens is 4. The highest BCUT2D eigenvalue weighted by atomic mass is 35.5. The van der Waals surface area contributed by atoms with Crippen LogP contribution in [0.5, 0.6) is 5.75 Å². The van der Waals surface area contributed by atoms with Gasteiger partial charge in [-0.3, -0.25) is 4.79 Å². The normalized spacial score (nSPS) is 11.8. The quantitative estimate of drug-likeness (QED) is 0.446. The second-order valence-electron chi connectivity index (χ2n) is 6.21. The lowest BCUT2D eigenvalue weighted by molar-refractivity contribution is -0.274. The molecule has 0 fully saturated rings. The number of likely N-dealkylation sites (N-methyl/N-ethyl adjacent to an activating group) is 1. The number of anilines is 2. The van der Waals surface area contributed by atoms with Gasteiger partial charge < -0.3 is 20.5 Å². The molecule has 0 bridgehead atoms. The first-order valence-corrected chi connectivity index (χ1v) is 10.4. The summed E-state index contributed by atoms with van der Waals surface area (Å²) in [7, 11) is -2.13. The Bertz CT molecular complexity index is 1140. The van der Waals surface area contributed by atoms with Crippen LogP contribution in [0.3, 0.4) is 0 Å². The van der Waals surface area contributed by atoms with Crippen molar-refractivity contribution in [2.24, 2.45) is 0 Å². The summed E-state index contributed by atoms with van der Waals surface area (Å²) in [6.45, 7) is -0.693. The molecule has 14 heteroatoms. The Balaban J connectivity index is 2.17. The maximum atomic E-state index is 12.7. The molecule has 2 rings (SSSR count). The van der Waals surface area contributed by atoms with Crippen molar-refractivity contribution in [3.05, 3.63) is 47.0 Å². The van der Waals surface area contributed by atoms with Crippen molar-refractivity contribution in [1.29, 1.82) is 0 Å². The highest BCUT2D eigenvalue weighted by Gasteiger charge is 2.32. The summed E-state index contributed by atoms with van der Waals surface area (Å²) < 4.78 is 71.2. The van der Waals surface area contributed by atoms with Crippen molar-refractivity contribution >= 4 is 44.9 Å². The summed E-state index contributed by atoms with van der Waals surface area (Å²) in [5.41, 5.74) is 5.81. The Kier molecular flexibility index (Phi) is 7.59. The zero-order valence-electron chi connectivity index (χ0n) is 16.6. The number of hydrogen-bond acceptors (Lipinski definition) is 7. The van der Waals surface area contributed by atoms with E-state index >= 15 is 0 Å². The Hall–Kier alpha value is -3.03. The number of nitrogens with two attached hydrogens (primary N) is 1. The van der Waals surface area contributed by atoms with Gasteiger partial charge in [-0.15, -0.1) is 13.2 Å². The summed E-state index contributed by atoms with van der Waals surface area (Å²) in [5.74, 6) is -2.24. The number of methoxy groups -OCH3 is 1. The number of rotatable bonds is 7. The number of hydrogen-bond donors (Lipinski definition) is 2. The first-order valence-electron chi connectivity index (χ1n) is 8.54. The number of benzene rings is 2. The maximum Gasteiger partial charge on any atom is 0.573 e. The van der Waals surface area contributed by atoms with Gasteiger partial charge in [0, 0.05) is 13.1 Å². The third kappa shape index (κ3) is 6.02. The van der Waals surface area contributed by atoms with Crippen LogP contribution >= 0.6 is 11.6 Å². The number of ether oxygens (including phenoxy) is 2. The second kappa shape index (κ2) is 9.63. The van der Waals surface area contributed by atoms with Crippen molar-refractivity contribution in [2.75, 3.05) is 31.8 Å². The first kappa shape index (κ1) is 25.2. The minimum absolute atomic E-state index is 0.000719. The molecule has 0 aliphatic rings. The molecular formula is C18H17ClF3N3O6S. The Morgan fingerprint density at radius 2 is 1.88 bits per heavy atom. The molecule has 0 radical (unpaired) electrons. The standard InChI is InChI=1S/C18H17ClF3N3O6S/c1-25(9-15(26)24-13-5-3-4-11(16(13)23)17(27)30-2)32(28,29)14-7-6-10(8-12(14)19)31-18(20,21)22/h3-8H,9,23H2,1-2H3,(H,24,26). The molecule has 0 saturated carbocycles. The third-order valence-electron chi connectivity index (χ3n) is 3.98. The van der Waals surface area contributed by atoms with E-state index in [4.69, 9.17) is 17.3 Å². The fourth-order valence-corrected chi connectivity index (χ4v) is 4.13. The van der Waals surface area contributed by atoms with Gasteiger partial charge in [0.1, 0.15) is 10.6 Å². The minimum atomic E-state index is -4.98. The number of para-hydroxylation sites is 1. The number of esters is 1. The van der Waals surface area contributed by atoms with Crippen molar-refractivity contribution in [1.82, 2.24) is 4.31 Å². The van der Waals surface area contributed by atoms with E-state index in [1.807, 2.05) is 0 Å². The van der Waals surface area contributed by atoms with Crippen LogP contribution in [0.4, 0.5) is 24.5 Å². The average Bonchev–Trinajstić information content (AvgIpc) is 2.67. The monoisotopic (exact) mass is 495 g/mol. The van der Waals surface area contributed by atoms with E-state index in [1.54, 1.807) is 0 Å². The van der Waals surface area contributed by atoms with Gasteiger partial charge in [-0.05, 0) is 24.3 Å². The number of nitrogen functional groups attached to an aromatic ring is 1. The van der Waals surface area contributed by atoms with E-state index in [1.165, 1.54) is 18.2 Å². The summed E-state index contributed by atoms with van der Waals surface area (Å²) in [6.07, 6.45) is -4.98. The molecule has 0 spiro atoms. The highest BCUT2D eigenvalue weighted by molar-refractivity contribution is 7.89. The predicted molar refractivity (Wildman–Crippen MR) is 109 cm³/mol. The molecule has 32 heavy (non-hydrogen) atoms. The predicted octanol–water partition coefficient (Wildman–Crippen LogP) is 2.87. The Morgan fingerprint density at radius 1 is 1.22 bits per heavy atom. The molecule has 0 atom stereocenters. The Morgan fingerprint density at radius 3 is 2.44 bits per heavy atom. The van der Waals surface area contributed by atoms with Crippen LogP contribution in [0, 0.1) is 0 Å². The summed E-state index contributed by atoms with van der Waals surface area (Å²) in [4.78, 5) is 23.5. The molecule has 1 amide bonds. The van der Waals surface area contributed by atoms with E-state index in [0.29, 0.717) is 10.4 Å². The van der Waals surface area contributed by atoms with Crippen LogP contribution < -0.4 is 15.8 Å². The number of amides is 1. The average molecular weight is 496 g/mol. The van der Waals surface area contributed by atoms with E-state index in [2.05, 4.69) is 14.8 Å². The minimum Gasteiger partial charge on any atom is -0.465 e. The fourth-order valence-electron chi connectivity index (χ4n) is 2.49. The second-order valence-corrected chi connectivity index (χ2v) is 8.63. The van der Waals surface area contributed by atoms with Gasteiger partial charge >= 0.3 is 12.3 Å². The van der Waals surface area contributed by atoms with E-state index in [0.717, 1.165) is 26.3 Å². The zero-order chi connectivity index (χ0) is 24.3. The lowest BCUT2D eigenvalue weighted by atomic mass is 10.1. The molecule has 0 aromatic heterocycles. The Labute approximate surface area is 185 Å². The van der Waals surface area contributed by atoms with Gasteiger partial charge in [-0.2, -0.15) is 4.31 Å². The van der Waals surface area contributed by atoms with E-state index in [-0.39, 0.29) is 16.9 Å². The number of nitrogens with zero attached hydrogens (tertiary/aromatic N) is 1. The van der Waals surface area contributed by atoms with Crippen LogP contribution in [0.15, 0.2) is 41.3 Å². The SMILES string of the molecule is COC(=O)c1cccc(NC(=O)CN(C)S(=O)(=O)c2ccc(OC(F)(F)F)cc2Cl)c1N. The van der Waals surface area contributed by atoms with Crippen molar-refractivity contribution in [2.45, 2.75) is 11.3 Å². The van der Waals surface area contributed by atoms with Gasteiger partial charge in [0.15, 0.2) is 0 Å². The topological polar surface area (TPSA) is 128 Å². The van der Waals surface area contributed by atoms with Crippen molar-refractivity contribution in [3.63, 3.8) is 0 Å². The molecule has 0 aliphatic heterocycles. The molecule has 0 aliphatic carbocycles. The summed E-state index contributed by atoms with van der Waals surface area (Å²) in [6, 6.07) is 6.49. The molecule has 0 unspecified atom stereocenters. The fraction of sp³-hybridized carbons (Fsp3) is 0.222. The van der Waals surface area contributed by atoms with Crippen LogP contribution in [-0.2, 0) is 19.6 Å². The van der Waals surface area contributed by atoms with Gasteiger partial charge in [0.2, 0.25) is 15.9 Å². The smallest absolute Gasteiger partial charge is 0.465 e. The molecule has 0 heterocycles. The summed E-state index contributed by atoms with van der Waals surface area (Å²) >= 11 is 5.82. The lowest BCUT2D eigenvalue weighted by Gasteiger charge is -2.19. The maximum absolute atomic E-state index is 12.7. The molecule has 2 aromatic rings. The van der Waals surface area contributed by atoms with Crippen LogP contribution in [0.1, 0.15) is 10.4 Å². The number of alkyl halides is 3. The number of sulfonamides is 1. The first-order chi connectivity index (χ1) is 14.8. The van der Waals surface area contributed by atoms with Gasteiger partial charge in [-0.1, -0.05) is 17.7 Å². The van der Waals surface area contributed by atoms with Gasteiger partial charge in [-0.25, -0.2) is 13.2 Å². The van der Waals surface area contributed by atoms with Gasteiger partial charge in [0.25, 0.3) is 0 Å². The lowest BCUT2D eigenvalue weighted by Crippen LogP contribution is -2.35. The largest absolute Gasteiger partial charge is 0.573 e. The van der Waals surface area contributed by atoms with Crippen LogP contribution in [-0.4, -0.2) is 51.7 Å². The van der Waals surface area contributed by atoms with Crippen molar-refractivity contribution in [3.8, 4) is 5.75 Å². The van der Waals surface area contributed by atoms with E-state index < -0.39 is 50.5 Å². The van der Waals surface area contributed by atoms with Crippen LogP contribution in [0.2, 0.25) is 5.02 Å². The number of carbonyl (C=O) groups excluding carboxylic acids is 2. The number of carbonyl (C=O) groups is 2. The zero-order valence-corrected chi connectivity index (χ0v) is 18.1. The molecular weight excluding hydrogens is 479 g/mol. The molecule has 3 N–H and O–H groups in total.